The van der Waals surface area contributed by atoms with Gasteiger partial charge in [-0.2, -0.15) is 0 Å². The Morgan fingerprint density at radius 3 is 2.90 bits per heavy atom. The minimum Gasteiger partial charge on any atom is -0.422 e. The molecule has 0 aliphatic carbocycles. The van der Waals surface area contributed by atoms with Gasteiger partial charge in [0.2, 0.25) is 0 Å². The Morgan fingerprint density at radius 2 is 2.03 bits per heavy atom. The fourth-order valence-corrected chi connectivity index (χ4v) is 5.17. The maximum Gasteiger partial charge on any atom is 0.345 e. The molecule has 7 nitrogen and oxygen atoms in total. The predicted molar refractivity (Wildman–Crippen MR) is 121 cm³/mol. The number of rotatable bonds is 2. The number of imidazole rings is 1. The van der Waals surface area contributed by atoms with Gasteiger partial charge in [-0.25, -0.2) is 9.78 Å². The first-order valence-corrected chi connectivity index (χ1v) is 10.9. The third kappa shape index (κ3) is 3.11. The summed E-state index contributed by atoms with van der Waals surface area (Å²) in [6.07, 6.45) is 6.31. The van der Waals surface area contributed by atoms with Crippen LogP contribution in [-0.4, -0.2) is 40.0 Å². The lowest BCUT2D eigenvalue weighted by atomic mass is 9.94. The molecule has 4 aromatic rings. The van der Waals surface area contributed by atoms with Crippen LogP contribution in [0.2, 0.25) is 0 Å². The topological polar surface area (TPSA) is 75.7 Å². The lowest BCUT2D eigenvalue weighted by Gasteiger charge is -2.24. The summed E-state index contributed by atoms with van der Waals surface area (Å²) < 4.78 is 7.67. The SMILES string of the molecule is Cc1cn2cc(-c3cc4ccc(N5CC6CCCNC6C5)cc4oc3=O)nc2c(C)n1. The lowest BCUT2D eigenvalue weighted by molar-refractivity contribution is 0.340. The van der Waals surface area contributed by atoms with Crippen molar-refractivity contribution in [2.45, 2.75) is 32.7 Å². The average molecular weight is 415 g/mol. The zero-order chi connectivity index (χ0) is 21.1. The molecule has 6 rings (SSSR count). The Morgan fingerprint density at radius 1 is 1.13 bits per heavy atom. The van der Waals surface area contributed by atoms with Crippen molar-refractivity contribution in [2.24, 2.45) is 5.92 Å². The summed E-state index contributed by atoms with van der Waals surface area (Å²) in [5, 5.41) is 4.54. The van der Waals surface area contributed by atoms with E-state index in [1.807, 2.05) is 48.8 Å². The molecule has 0 spiro atoms. The first-order chi connectivity index (χ1) is 15.0. The van der Waals surface area contributed by atoms with Crippen LogP contribution in [0.5, 0.6) is 0 Å². The number of fused-ring (bicyclic) bond motifs is 3. The van der Waals surface area contributed by atoms with Gasteiger partial charge in [-0.1, -0.05) is 0 Å². The van der Waals surface area contributed by atoms with Crippen molar-refractivity contribution in [1.29, 1.82) is 0 Å². The van der Waals surface area contributed by atoms with E-state index in [2.05, 4.69) is 26.3 Å². The van der Waals surface area contributed by atoms with Crippen molar-refractivity contribution in [3.63, 3.8) is 0 Å². The number of anilines is 1. The first-order valence-electron chi connectivity index (χ1n) is 10.9. The monoisotopic (exact) mass is 415 g/mol. The summed E-state index contributed by atoms with van der Waals surface area (Å²) in [6, 6.07) is 8.62. The maximum atomic E-state index is 12.8. The van der Waals surface area contributed by atoms with Crippen LogP contribution in [0, 0.1) is 19.8 Å². The molecular formula is C24H25N5O2. The van der Waals surface area contributed by atoms with E-state index in [4.69, 9.17) is 4.42 Å². The van der Waals surface area contributed by atoms with E-state index in [1.54, 1.807) is 0 Å². The summed E-state index contributed by atoms with van der Waals surface area (Å²) in [5.41, 5.74) is 4.93. The van der Waals surface area contributed by atoms with Crippen molar-refractivity contribution in [3.05, 3.63) is 58.5 Å². The summed E-state index contributed by atoms with van der Waals surface area (Å²) in [7, 11) is 0. The number of benzene rings is 1. The Bertz CT molecular complexity index is 1360. The Balaban J connectivity index is 1.37. The Kier molecular flexibility index (Phi) is 4.14. The van der Waals surface area contributed by atoms with Gasteiger partial charge in [-0.15, -0.1) is 0 Å². The molecule has 158 valence electrons. The van der Waals surface area contributed by atoms with Crippen LogP contribution in [0.15, 0.2) is 45.9 Å². The minimum atomic E-state index is -0.368. The molecule has 2 atom stereocenters. The van der Waals surface area contributed by atoms with Gasteiger partial charge in [-0.05, 0) is 57.4 Å². The van der Waals surface area contributed by atoms with E-state index < -0.39 is 0 Å². The van der Waals surface area contributed by atoms with Gasteiger partial charge in [0.1, 0.15) is 5.58 Å². The quantitative estimate of drug-likeness (QED) is 0.506. The minimum absolute atomic E-state index is 0.368. The van der Waals surface area contributed by atoms with Crippen molar-refractivity contribution in [1.82, 2.24) is 19.7 Å². The highest BCUT2D eigenvalue weighted by molar-refractivity contribution is 5.84. The third-order valence-corrected chi connectivity index (χ3v) is 6.69. The molecule has 2 fully saturated rings. The van der Waals surface area contributed by atoms with Crippen molar-refractivity contribution < 1.29 is 4.42 Å². The summed E-state index contributed by atoms with van der Waals surface area (Å²) in [4.78, 5) is 24.3. The highest BCUT2D eigenvalue weighted by Crippen LogP contribution is 2.31. The zero-order valence-electron chi connectivity index (χ0n) is 17.8. The Labute approximate surface area is 179 Å². The first kappa shape index (κ1) is 18.6. The molecule has 0 radical (unpaired) electrons. The molecule has 2 saturated heterocycles. The van der Waals surface area contributed by atoms with E-state index >= 15 is 0 Å². The van der Waals surface area contributed by atoms with Gasteiger partial charge in [0.05, 0.1) is 22.6 Å². The molecular weight excluding hydrogens is 390 g/mol. The zero-order valence-corrected chi connectivity index (χ0v) is 17.8. The van der Waals surface area contributed by atoms with Gasteiger partial charge >= 0.3 is 5.63 Å². The van der Waals surface area contributed by atoms with Crippen molar-refractivity contribution in [2.75, 3.05) is 24.5 Å². The van der Waals surface area contributed by atoms with E-state index in [9.17, 15) is 4.79 Å². The maximum absolute atomic E-state index is 12.8. The van der Waals surface area contributed by atoms with Gasteiger partial charge < -0.3 is 19.0 Å². The van der Waals surface area contributed by atoms with Crippen molar-refractivity contribution in [3.8, 4) is 11.3 Å². The lowest BCUT2D eigenvalue weighted by Crippen LogP contribution is -2.40. The van der Waals surface area contributed by atoms with E-state index in [-0.39, 0.29) is 5.63 Å². The van der Waals surface area contributed by atoms with Gasteiger partial charge in [0, 0.05) is 48.7 Å². The molecule has 0 saturated carbocycles. The molecule has 5 heterocycles. The number of nitrogens with one attached hydrogen (secondary N) is 1. The molecule has 1 N–H and O–H groups in total. The van der Waals surface area contributed by atoms with E-state index in [0.717, 1.165) is 47.7 Å². The van der Waals surface area contributed by atoms with Crippen LogP contribution >= 0.6 is 0 Å². The standard InChI is InChI=1S/C24H25N5O2/c1-14-10-29-13-21(27-23(29)15(2)26-14)19-8-16-5-6-18(9-22(16)31-24(19)30)28-11-17-4-3-7-25-20(17)12-28/h5-6,8-10,13,17,20,25H,3-4,7,11-12H2,1-2H3. The summed E-state index contributed by atoms with van der Waals surface area (Å²) >= 11 is 0. The number of aromatic nitrogens is 3. The van der Waals surface area contributed by atoms with Crippen LogP contribution in [0.3, 0.4) is 0 Å². The number of nitrogens with zero attached hydrogens (tertiary/aromatic N) is 4. The molecule has 0 bridgehead atoms. The molecule has 3 aromatic heterocycles. The number of hydrogen-bond donors (Lipinski definition) is 1. The van der Waals surface area contributed by atoms with Crippen molar-refractivity contribution >= 4 is 22.3 Å². The second-order valence-corrected chi connectivity index (χ2v) is 8.86. The van der Waals surface area contributed by atoms with E-state index in [0.29, 0.717) is 28.8 Å². The van der Waals surface area contributed by atoms with Gasteiger partial charge in [0.15, 0.2) is 5.65 Å². The Hall–Kier alpha value is -3.19. The molecule has 2 aliphatic heterocycles. The number of piperidine rings is 1. The molecule has 1 aromatic carbocycles. The van der Waals surface area contributed by atoms with Crippen LogP contribution in [0.25, 0.3) is 27.9 Å². The third-order valence-electron chi connectivity index (χ3n) is 6.69. The fraction of sp³-hybridized carbons (Fsp3) is 0.375. The van der Waals surface area contributed by atoms with Crippen LogP contribution in [-0.2, 0) is 0 Å². The smallest absolute Gasteiger partial charge is 0.345 e. The molecule has 31 heavy (non-hydrogen) atoms. The molecule has 0 amide bonds. The summed E-state index contributed by atoms with van der Waals surface area (Å²) in [5.74, 6) is 0.704. The predicted octanol–water partition coefficient (Wildman–Crippen LogP) is 3.31. The second kappa shape index (κ2) is 6.92. The largest absolute Gasteiger partial charge is 0.422 e. The van der Waals surface area contributed by atoms with Crippen LogP contribution < -0.4 is 15.8 Å². The number of hydrogen-bond acceptors (Lipinski definition) is 6. The second-order valence-electron chi connectivity index (χ2n) is 8.86. The molecule has 7 heteroatoms. The van der Waals surface area contributed by atoms with E-state index in [1.165, 1.54) is 12.8 Å². The highest BCUT2D eigenvalue weighted by atomic mass is 16.4. The molecule has 2 aliphatic rings. The van der Waals surface area contributed by atoms with Crippen LogP contribution in [0.4, 0.5) is 5.69 Å². The normalized spacial score (nSPS) is 21.2. The number of aryl methyl sites for hydroxylation is 2. The average Bonchev–Trinajstić information content (AvgIpc) is 3.37. The van der Waals surface area contributed by atoms with Crippen LogP contribution in [0.1, 0.15) is 24.2 Å². The fourth-order valence-electron chi connectivity index (χ4n) is 5.17. The van der Waals surface area contributed by atoms with Gasteiger partial charge in [-0.3, -0.25) is 4.98 Å². The van der Waals surface area contributed by atoms with Gasteiger partial charge in [0.25, 0.3) is 0 Å². The molecule has 2 unspecified atom stereocenters. The summed E-state index contributed by atoms with van der Waals surface area (Å²) in [6.45, 7) is 7.04. The highest BCUT2D eigenvalue weighted by Gasteiger charge is 2.34.